The van der Waals surface area contributed by atoms with Crippen molar-refractivity contribution in [3.05, 3.63) is 42.0 Å². The summed E-state index contributed by atoms with van der Waals surface area (Å²) in [4.78, 5) is 10.8. The molecule has 1 fully saturated rings. The predicted octanol–water partition coefficient (Wildman–Crippen LogP) is 2.45. The minimum atomic E-state index is 0.335. The van der Waals surface area contributed by atoms with Crippen LogP contribution < -0.4 is 4.74 Å². The molecule has 2 aromatic heterocycles. The number of benzene rings is 1. The molecule has 25 heavy (non-hydrogen) atoms. The highest BCUT2D eigenvalue weighted by Gasteiger charge is 2.32. The number of nitrogens with zero attached hydrogens (tertiary/aromatic N) is 5. The van der Waals surface area contributed by atoms with E-state index in [1.807, 2.05) is 12.1 Å². The van der Waals surface area contributed by atoms with Gasteiger partial charge in [-0.2, -0.15) is 10.1 Å². The van der Waals surface area contributed by atoms with Crippen molar-refractivity contribution in [1.82, 2.24) is 30.2 Å². The zero-order chi connectivity index (χ0) is 17.2. The van der Waals surface area contributed by atoms with Crippen LogP contribution in [0.5, 0.6) is 5.75 Å². The van der Waals surface area contributed by atoms with E-state index in [2.05, 4.69) is 49.3 Å². The molecule has 8 heteroatoms. The highest BCUT2D eigenvalue weighted by atomic mass is 16.5. The predicted molar refractivity (Wildman–Crippen MR) is 89.6 cm³/mol. The van der Waals surface area contributed by atoms with E-state index in [9.17, 15) is 0 Å². The van der Waals surface area contributed by atoms with Crippen LogP contribution in [0.1, 0.15) is 30.8 Å². The first kappa shape index (κ1) is 15.8. The number of likely N-dealkylation sites (tertiary alicyclic amines) is 1. The average Bonchev–Trinajstić information content (AvgIpc) is 3.36. The Labute approximate surface area is 145 Å². The third-order valence-corrected chi connectivity index (χ3v) is 4.55. The van der Waals surface area contributed by atoms with Gasteiger partial charge in [-0.3, -0.25) is 10.00 Å². The van der Waals surface area contributed by atoms with Gasteiger partial charge in [0, 0.05) is 12.6 Å². The minimum Gasteiger partial charge on any atom is -0.497 e. The van der Waals surface area contributed by atoms with Crippen molar-refractivity contribution in [2.24, 2.45) is 5.92 Å². The molecule has 1 aliphatic rings. The molecule has 0 saturated carbocycles. The topological polar surface area (TPSA) is 93.0 Å². The average molecular weight is 340 g/mol. The van der Waals surface area contributed by atoms with Gasteiger partial charge in [-0.15, -0.1) is 0 Å². The number of H-pyrrole nitrogens is 1. The van der Waals surface area contributed by atoms with E-state index in [1.54, 1.807) is 7.11 Å². The van der Waals surface area contributed by atoms with Crippen LogP contribution in [0.2, 0.25) is 0 Å². The van der Waals surface area contributed by atoms with Crippen molar-refractivity contribution in [2.75, 3.05) is 13.7 Å². The molecule has 0 amide bonds. The van der Waals surface area contributed by atoms with E-state index in [4.69, 9.17) is 9.26 Å². The van der Waals surface area contributed by atoms with E-state index in [0.717, 1.165) is 18.7 Å². The normalized spacial score (nSPS) is 20.9. The molecule has 0 aliphatic carbocycles. The first-order valence-corrected chi connectivity index (χ1v) is 8.29. The van der Waals surface area contributed by atoms with E-state index in [0.29, 0.717) is 36.0 Å². The SMILES string of the molecule is COc1ccc([C@@H]2C[C@@H](C)CN2Cc2nc(-c3ncn[nH]3)no2)cc1. The van der Waals surface area contributed by atoms with Crippen molar-refractivity contribution < 1.29 is 9.26 Å². The van der Waals surface area contributed by atoms with Crippen LogP contribution in [0.25, 0.3) is 11.6 Å². The Hall–Kier alpha value is -2.74. The lowest BCUT2D eigenvalue weighted by atomic mass is 10.0. The summed E-state index contributed by atoms with van der Waals surface area (Å²) in [5, 5.41) is 10.5. The quantitative estimate of drug-likeness (QED) is 0.762. The lowest BCUT2D eigenvalue weighted by Crippen LogP contribution is -2.23. The van der Waals surface area contributed by atoms with Crippen LogP contribution in [0.4, 0.5) is 0 Å². The molecular formula is C17H20N6O2. The summed E-state index contributed by atoms with van der Waals surface area (Å²) >= 11 is 0. The van der Waals surface area contributed by atoms with Crippen molar-refractivity contribution in [3.63, 3.8) is 0 Å². The van der Waals surface area contributed by atoms with Crippen LogP contribution >= 0.6 is 0 Å². The third-order valence-electron chi connectivity index (χ3n) is 4.55. The molecule has 1 N–H and O–H groups in total. The summed E-state index contributed by atoms with van der Waals surface area (Å²) in [6.07, 6.45) is 2.53. The molecule has 3 heterocycles. The fourth-order valence-electron chi connectivity index (χ4n) is 3.38. The largest absolute Gasteiger partial charge is 0.497 e. The monoisotopic (exact) mass is 340 g/mol. The summed E-state index contributed by atoms with van der Waals surface area (Å²) in [6.45, 7) is 3.88. The zero-order valence-electron chi connectivity index (χ0n) is 14.2. The smallest absolute Gasteiger partial charge is 0.241 e. The number of methoxy groups -OCH3 is 1. The van der Waals surface area contributed by atoms with E-state index < -0.39 is 0 Å². The lowest BCUT2D eigenvalue weighted by Gasteiger charge is -2.23. The lowest BCUT2D eigenvalue weighted by molar-refractivity contribution is 0.210. The second-order valence-electron chi connectivity index (χ2n) is 6.41. The Balaban J connectivity index is 1.51. The molecule has 4 rings (SSSR count). The summed E-state index contributed by atoms with van der Waals surface area (Å²) in [5.74, 6) is 3.01. The fourth-order valence-corrected chi connectivity index (χ4v) is 3.38. The van der Waals surface area contributed by atoms with E-state index in [1.165, 1.54) is 11.9 Å². The Morgan fingerprint density at radius 1 is 1.32 bits per heavy atom. The highest BCUT2D eigenvalue weighted by Crippen LogP contribution is 2.36. The van der Waals surface area contributed by atoms with Gasteiger partial charge in [-0.1, -0.05) is 24.2 Å². The molecule has 0 bridgehead atoms. The number of aromatic nitrogens is 5. The first-order valence-electron chi connectivity index (χ1n) is 8.29. The van der Waals surface area contributed by atoms with Gasteiger partial charge in [0.1, 0.15) is 12.1 Å². The van der Waals surface area contributed by atoms with Gasteiger partial charge in [0.25, 0.3) is 0 Å². The van der Waals surface area contributed by atoms with Crippen molar-refractivity contribution >= 4 is 0 Å². The number of rotatable bonds is 5. The Morgan fingerprint density at radius 3 is 2.88 bits per heavy atom. The molecule has 1 saturated heterocycles. The second kappa shape index (κ2) is 6.64. The van der Waals surface area contributed by atoms with E-state index >= 15 is 0 Å². The standard InChI is InChI=1S/C17H20N6O2/c1-11-7-14(12-3-5-13(24-2)6-4-12)23(8-11)9-15-20-17(22-25-15)16-18-10-19-21-16/h3-6,10-11,14H,7-9H2,1-2H3,(H,18,19,21)/t11-,14+/m1/s1. The van der Waals surface area contributed by atoms with Crippen LogP contribution in [0.3, 0.4) is 0 Å². The maximum absolute atomic E-state index is 5.40. The second-order valence-corrected chi connectivity index (χ2v) is 6.41. The summed E-state index contributed by atoms with van der Waals surface area (Å²) in [6, 6.07) is 8.60. The molecular weight excluding hydrogens is 320 g/mol. The Kier molecular flexibility index (Phi) is 4.19. The van der Waals surface area contributed by atoms with Gasteiger partial charge in [-0.25, -0.2) is 4.98 Å². The molecule has 3 aromatic rings. The Bertz CT molecular complexity index is 814. The number of nitrogens with one attached hydrogen (secondary N) is 1. The molecule has 130 valence electrons. The summed E-state index contributed by atoms with van der Waals surface area (Å²) in [7, 11) is 1.68. The number of hydrogen-bond acceptors (Lipinski definition) is 7. The van der Waals surface area contributed by atoms with Crippen LogP contribution in [-0.4, -0.2) is 43.9 Å². The number of ether oxygens (including phenoxy) is 1. The van der Waals surface area contributed by atoms with E-state index in [-0.39, 0.29) is 0 Å². The van der Waals surface area contributed by atoms with Gasteiger partial charge >= 0.3 is 0 Å². The third kappa shape index (κ3) is 3.25. The van der Waals surface area contributed by atoms with Crippen LogP contribution in [0.15, 0.2) is 35.1 Å². The summed E-state index contributed by atoms with van der Waals surface area (Å²) < 4.78 is 10.6. The van der Waals surface area contributed by atoms with Crippen LogP contribution in [-0.2, 0) is 6.54 Å². The fraction of sp³-hybridized carbons (Fsp3) is 0.412. The summed E-state index contributed by atoms with van der Waals surface area (Å²) in [5.41, 5.74) is 1.28. The maximum Gasteiger partial charge on any atom is 0.241 e. The van der Waals surface area contributed by atoms with Gasteiger partial charge in [-0.05, 0) is 30.0 Å². The molecule has 1 aliphatic heterocycles. The van der Waals surface area contributed by atoms with Crippen molar-refractivity contribution in [2.45, 2.75) is 25.9 Å². The minimum absolute atomic E-state index is 0.335. The highest BCUT2D eigenvalue weighted by molar-refractivity contribution is 5.39. The molecule has 0 radical (unpaired) electrons. The van der Waals surface area contributed by atoms with Gasteiger partial charge in [0.2, 0.25) is 11.7 Å². The van der Waals surface area contributed by atoms with Crippen molar-refractivity contribution in [1.29, 1.82) is 0 Å². The first-order chi connectivity index (χ1) is 12.2. The zero-order valence-corrected chi connectivity index (χ0v) is 14.2. The van der Waals surface area contributed by atoms with Gasteiger partial charge < -0.3 is 9.26 Å². The molecule has 0 spiro atoms. The molecule has 2 atom stereocenters. The van der Waals surface area contributed by atoms with Gasteiger partial charge in [0.15, 0.2) is 5.82 Å². The Morgan fingerprint density at radius 2 is 2.16 bits per heavy atom. The van der Waals surface area contributed by atoms with Crippen molar-refractivity contribution in [3.8, 4) is 17.4 Å². The maximum atomic E-state index is 5.40. The molecule has 8 nitrogen and oxygen atoms in total. The molecule has 1 aromatic carbocycles. The number of aromatic amines is 1. The van der Waals surface area contributed by atoms with Crippen LogP contribution in [0, 0.1) is 5.92 Å². The number of hydrogen-bond donors (Lipinski definition) is 1. The van der Waals surface area contributed by atoms with Gasteiger partial charge in [0.05, 0.1) is 13.7 Å². The molecule has 0 unspecified atom stereocenters.